The monoisotopic (exact) mass is 422 g/mol. The van der Waals surface area contributed by atoms with Crippen molar-refractivity contribution in [1.29, 1.82) is 0 Å². The van der Waals surface area contributed by atoms with Crippen LogP contribution in [0.25, 0.3) is 0 Å². The molecule has 0 atom stereocenters. The number of hydrogen-bond donors (Lipinski definition) is 0. The number of carbonyl (C=O) groups is 2. The summed E-state index contributed by atoms with van der Waals surface area (Å²) in [5.74, 6) is -0.0646. The van der Waals surface area contributed by atoms with Gasteiger partial charge in [0, 0.05) is 36.8 Å². The van der Waals surface area contributed by atoms with Crippen molar-refractivity contribution in [2.24, 2.45) is 5.92 Å². The molecule has 1 heterocycles. The van der Waals surface area contributed by atoms with Crippen molar-refractivity contribution in [3.05, 3.63) is 65.5 Å². The molecule has 0 unspecified atom stereocenters. The molecule has 5 heteroatoms. The maximum Gasteiger partial charge on any atom is 0.254 e. The molecule has 0 spiro atoms. The summed E-state index contributed by atoms with van der Waals surface area (Å²) < 4.78 is 13.4. The van der Waals surface area contributed by atoms with Crippen LogP contribution < -0.4 is 4.90 Å². The van der Waals surface area contributed by atoms with Gasteiger partial charge in [0.05, 0.1) is 0 Å². The number of amides is 2. The first-order valence-electron chi connectivity index (χ1n) is 11.6. The van der Waals surface area contributed by atoms with Crippen molar-refractivity contribution in [2.45, 2.75) is 57.9 Å². The number of fused-ring (bicyclic) bond motifs is 1. The van der Waals surface area contributed by atoms with Gasteiger partial charge in [-0.2, -0.15) is 0 Å². The third kappa shape index (κ3) is 5.52. The number of nitrogens with zero attached hydrogens (tertiary/aromatic N) is 2. The number of benzene rings is 2. The van der Waals surface area contributed by atoms with Crippen molar-refractivity contribution in [3.8, 4) is 0 Å². The molecule has 1 aliphatic heterocycles. The van der Waals surface area contributed by atoms with Crippen molar-refractivity contribution >= 4 is 17.5 Å². The second-order valence-electron chi connectivity index (χ2n) is 8.75. The number of carbonyl (C=O) groups excluding carboxylic acids is 2. The Morgan fingerprint density at radius 1 is 0.806 bits per heavy atom. The van der Waals surface area contributed by atoms with Crippen LogP contribution >= 0.6 is 0 Å². The van der Waals surface area contributed by atoms with E-state index in [0.717, 1.165) is 69.2 Å². The van der Waals surface area contributed by atoms with Crippen LogP contribution in [0.5, 0.6) is 0 Å². The average molecular weight is 423 g/mol. The Morgan fingerprint density at radius 2 is 1.45 bits per heavy atom. The van der Waals surface area contributed by atoms with Crippen LogP contribution in [0.1, 0.15) is 67.3 Å². The molecule has 0 aromatic heterocycles. The zero-order chi connectivity index (χ0) is 21.6. The average Bonchev–Trinajstić information content (AvgIpc) is 3.62. The molecule has 0 radical (unpaired) electrons. The molecule has 164 valence electrons. The molecule has 2 aliphatic rings. The SMILES string of the molecule is O=C(c1ccc(F)cc1)N1CCCCCCCCN(C(=O)C2CC2)c2ccccc2C1. The molecule has 1 fully saturated rings. The zero-order valence-corrected chi connectivity index (χ0v) is 18.1. The predicted octanol–water partition coefficient (Wildman–Crippen LogP) is 5.57. The molecule has 0 bridgehead atoms. The summed E-state index contributed by atoms with van der Waals surface area (Å²) in [5, 5.41) is 0. The standard InChI is InChI=1S/C26H31FN2O2/c27-23-15-13-20(14-16-23)25(30)28-17-7-3-1-2-4-8-18-29(26(31)21-11-12-21)24-10-6-5-9-22(24)19-28/h5-6,9-10,13-16,21H,1-4,7-8,11-12,17-19H2. The van der Waals surface area contributed by atoms with E-state index < -0.39 is 0 Å². The molecule has 2 aromatic carbocycles. The minimum absolute atomic E-state index is 0.0928. The molecule has 31 heavy (non-hydrogen) atoms. The largest absolute Gasteiger partial charge is 0.334 e. The van der Waals surface area contributed by atoms with Gasteiger partial charge < -0.3 is 9.80 Å². The van der Waals surface area contributed by atoms with E-state index in [-0.39, 0.29) is 23.5 Å². The molecule has 1 aliphatic carbocycles. The topological polar surface area (TPSA) is 40.6 Å². The first kappa shape index (κ1) is 21.5. The predicted molar refractivity (Wildman–Crippen MR) is 120 cm³/mol. The number of halogens is 1. The van der Waals surface area contributed by atoms with Gasteiger partial charge in [-0.3, -0.25) is 9.59 Å². The first-order valence-corrected chi connectivity index (χ1v) is 11.6. The van der Waals surface area contributed by atoms with Crippen molar-refractivity contribution < 1.29 is 14.0 Å². The summed E-state index contributed by atoms with van der Waals surface area (Å²) in [5.41, 5.74) is 2.41. The highest BCUT2D eigenvalue weighted by molar-refractivity contribution is 5.97. The van der Waals surface area contributed by atoms with Crippen molar-refractivity contribution in [1.82, 2.24) is 4.90 Å². The van der Waals surface area contributed by atoms with E-state index in [4.69, 9.17) is 0 Å². The summed E-state index contributed by atoms with van der Waals surface area (Å²) in [6.07, 6.45) is 8.40. The van der Waals surface area contributed by atoms with Gasteiger partial charge in [-0.25, -0.2) is 4.39 Å². The molecule has 0 N–H and O–H groups in total. The van der Waals surface area contributed by atoms with Crippen LogP contribution in [0, 0.1) is 11.7 Å². The van der Waals surface area contributed by atoms with E-state index in [2.05, 4.69) is 0 Å². The second kappa shape index (κ2) is 10.1. The maximum absolute atomic E-state index is 13.4. The number of anilines is 1. The second-order valence-corrected chi connectivity index (χ2v) is 8.75. The molecular formula is C26H31FN2O2. The van der Waals surface area contributed by atoms with E-state index in [1.54, 1.807) is 12.1 Å². The minimum atomic E-state index is -0.346. The van der Waals surface area contributed by atoms with E-state index in [9.17, 15) is 14.0 Å². The van der Waals surface area contributed by atoms with Gasteiger partial charge in [0.2, 0.25) is 5.91 Å². The third-order valence-electron chi connectivity index (χ3n) is 6.27. The van der Waals surface area contributed by atoms with Crippen molar-refractivity contribution in [2.75, 3.05) is 18.0 Å². The summed E-state index contributed by atoms with van der Waals surface area (Å²) in [4.78, 5) is 30.2. The van der Waals surface area contributed by atoms with Gasteiger partial charge in [-0.1, -0.05) is 43.9 Å². The minimum Gasteiger partial charge on any atom is -0.334 e. The highest BCUT2D eigenvalue weighted by Gasteiger charge is 2.34. The highest BCUT2D eigenvalue weighted by Crippen LogP contribution is 2.34. The molecular weight excluding hydrogens is 391 g/mol. The Morgan fingerprint density at radius 3 is 2.16 bits per heavy atom. The number of para-hydroxylation sites is 1. The van der Waals surface area contributed by atoms with Gasteiger partial charge in [-0.15, -0.1) is 0 Å². The Bertz CT molecular complexity index is 908. The quantitative estimate of drug-likeness (QED) is 0.635. The van der Waals surface area contributed by atoms with Gasteiger partial charge in [0.25, 0.3) is 5.91 Å². The Kier molecular flexibility index (Phi) is 7.00. The fourth-order valence-electron chi connectivity index (χ4n) is 4.32. The van der Waals surface area contributed by atoms with E-state index in [0.29, 0.717) is 18.7 Å². The molecule has 2 aromatic rings. The lowest BCUT2D eigenvalue weighted by Crippen LogP contribution is -2.36. The van der Waals surface area contributed by atoms with E-state index in [1.165, 1.54) is 12.1 Å². The van der Waals surface area contributed by atoms with Gasteiger partial charge in [0.15, 0.2) is 0 Å². The van der Waals surface area contributed by atoms with E-state index in [1.807, 2.05) is 34.1 Å². The smallest absolute Gasteiger partial charge is 0.254 e. The molecule has 4 rings (SSSR count). The third-order valence-corrected chi connectivity index (χ3v) is 6.27. The van der Waals surface area contributed by atoms with Gasteiger partial charge >= 0.3 is 0 Å². The Balaban J connectivity index is 1.64. The summed E-state index contributed by atoms with van der Waals surface area (Å²) >= 11 is 0. The molecule has 1 saturated carbocycles. The number of hydrogen-bond acceptors (Lipinski definition) is 2. The van der Waals surface area contributed by atoms with Gasteiger partial charge in [-0.05, 0) is 61.6 Å². The first-order chi connectivity index (χ1) is 15.1. The normalized spacial score (nSPS) is 18.4. The summed E-state index contributed by atoms with van der Waals surface area (Å²) in [6, 6.07) is 13.7. The fourth-order valence-corrected chi connectivity index (χ4v) is 4.32. The molecule has 2 amide bonds. The molecule has 4 nitrogen and oxygen atoms in total. The van der Waals surface area contributed by atoms with Gasteiger partial charge in [0.1, 0.15) is 5.82 Å². The molecule has 0 saturated heterocycles. The van der Waals surface area contributed by atoms with E-state index >= 15 is 0 Å². The lowest BCUT2D eigenvalue weighted by molar-refractivity contribution is -0.119. The Labute approximate surface area is 184 Å². The van der Waals surface area contributed by atoms with Crippen LogP contribution in [0.3, 0.4) is 0 Å². The van der Waals surface area contributed by atoms with Crippen molar-refractivity contribution in [3.63, 3.8) is 0 Å². The van der Waals surface area contributed by atoms with Crippen LogP contribution in [0.4, 0.5) is 10.1 Å². The van der Waals surface area contributed by atoms with Crippen LogP contribution in [-0.2, 0) is 11.3 Å². The summed E-state index contributed by atoms with van der Waals surface area (Å²) in [7, 11) is 0. The highest BCUT2D eigenvalue weighted by atomic mass is 19.1. The maximum atomic E-state index is 13.4. The lowest BCUT2D eigenvalue weighted by atomic mass is 10.1. The van der Waals surface area contributed by atoms with Crippen LogP contribution in [0.2, 0.25) is 0 Å². The number of rotatable bonds is 2. The zero-order valence-electron chi connectivity index (χ0n) is 18.1. The Hall–Kier alpha value is -2.69. The summed E-state index contributed by atoms with van der Waals surface area (Å²) in [6.45, 7) is 1.83. The van der Waals surface area contributed by atoms with Crippen LogP contribution in [-0.4, -0.2) is 29.8 Å². The lowest BCUT2D eigenvalue weighted by Gasteiger charge is -2.28. The van der Waals surface area contributed by atoms with Crippen LogP contribution in [0.15, 0.2) is 48.5 Å². The fraction of sp³-hybridized carbons (Fsp3) is 0.462.